The van der Waals surface area contributed by atoms with Crippen molar-refractivity contribution in [1.29, 1.82) is 0 Å². The van der Waals surface area contributed by atoms with Crippen LogP contribution in [-0.2, 0) is 16.0 Å². The van der Waals surface area contributed by atoms with Crippen LogP contribution in [-0.4, -0.2) is 61.7 Å². The minimum absolute atomic E-state index is 0.225. The van der Waals surface area contributed by atoms with Crippen molar-refractivity contribution >= 4 is 45.2 Å². The van der Waals surface area contributed by atoms with Gasteiger partial charge in [-0.3, -0.25) is 4.79 Å². The molecule has 4 aromatic rings. The van der Waals surface area contributed by atoms with E-state index in [0.717, 1.165) is 39.7 Å². The van der Waals surface area contributed by atoms with Gasteiger partial charge in [0.15, 0.2) is 0 Å². The number of carbonyl (C=O) groups excluding carboxylic acids is 2. The number of ether oxygens (including phenoxy) is 2. The van der Waals surface area contributed by atoms with Crippen molar-refractivity contribution < 1.29 is 19.1 Å². The molecule has 0 bridgehead atoms. The van der Waals surface area contributed by atoms with E-state index in [2.05, 4.69) is 15.2 Å². The van der Waals surface area contributed by atoms with E-state index < -0.39 is 12.0 Å². The molecular weight excluding hydrogens is 478 g/mol. The van der Waals surface area contributed by atoms with Crippen LogP contribution in [0.15, 0.2) is 60.7 Å². The molecule has 188 valence electrons. The van der Waals surface area contributed by atoms with Crippen molar-refractivity contribution in [2.24, 2.45) is 0 Å². The second-order valence-electron chi connectivity index (χ2n) is 8.88. The number of aromatic amines is 1. The topological polar surface area (TPSA) is 83.7 Å². The Bertz CT molecular complexity index is 1380. The average molecular weight is 508 g/mol. The van der Waals surface area contributed by atoms with Gasteiger partial charge in [-0.25, -0.2) is 4.79 Å². The van der Waals surface area contributed by atoms with E-state index in [4.69, 9.17) is 21.1 Å². The number of halogens is 1. The first-order chi connectivity index (χ1) is 17.3. The van der Waals surface area contributed by atoms with E-state index in [1.807, 2.05) is 56.6 Å². The molecule has 4 rings (SSSR count). The van der Waals surface area contributed by atoms with Crippen LogP contribution in [0.1, 0.15) is 23.0 Å². The third kappa shape index (κ3) is 6.36. The Balaban J connectivity index is 1.49. The molecule has 0 unspecified atom stereocenters. The molecule has 0 fully saturated rings. The molecule has 7 nitrogen and oxygen atoms in total. The minimum Gasteiger partial charge on any atom is -0.492 e. The Kier molecular flexibility index (Phi) is 8.13. The number of carbonyl (C=O) groups is 2. The van der Waals surface area contributed by atoms with Crippen molar-refractivity contribution in [3.8, 4) is 5.75 Å². The molecule has 8 heteroatoms. The monoisotopic (exact) mass is 507 g/mol. The maximum Gasteiger partial charge on any atom is 0.329 e. The van der Waals surface area contributed by atoms with Gasteiger partial charge < -0.3 is 24.7 Å². The predicted molar refractivity (Wildman–Crippen MR) is 143 cm³/mol. The highest BCUT2D eigenvalue weighted by Gasteiger charge is 2.24. The summed E-state index contributed by atoms with van der Waals surface area (Å²) in [5.41, 5.74) is 2.16. The number of hydrogen-bond acceptors (Lipinski definition) is 5. The van der Waals surface area contributed by atoms with E-state index in [0.29, 0.717) is 17.2 Å². The molecule has 36 heavy (non-hydrogen) atoms. The fourth-order valence-electron chi connectivity index (χ4n) is 3.97. The van der Waals surface area contributed by atoms with Gasteiger partial charge in [-0.1, -0.05) is 23.7 Å². The largest absolute Gasteiger partial charge is 0.492 e. The number of H-pyrrole nitrogens is 1. The summed E-state index contributed by atoms with van der Waals surface area (Å²) in [6.45, 7) is 3.38. The van der Waals surface area contributed by atoms with Gasteiger partial charge in [0.2, 0.25) is 0 Å². The number of amides is 1. The Labute approximate surface area is 215 Å². The van der Waals surface area contributed by atoms with Gasteiger partial charge in [-0.2, -0.15) is 0 Å². The molecule has 2 N–H and O–H groups in total. The summed E-state index contributed by atoms with van der Waals surface area (Å²) >= 11 is 6.09. The highest BCUT2D eigenvalue weighted by molar-refractivity contribution is 6.31. The zero-order chi connectivity index (χ0) is 25.7. The Morgan fingerprint density at radius 3 is 2.56 bits per heavy atom. The Hall–Kier alpha value is -3.55. The van der Waals surface area contributed by atoms with E-state index in [9.17, 15) is 9.59 Å². The van der Waals surface area contributed by atoms with Crippen molar-refractivity contribution in [1.82, 2.24) is 15.2 Å². The third-order valence-corrected chi connectivity index (χ3v) is 6.06. The number of likely N-dealkylation sites (N-methyl/N-ethyl adjacent to an activating group) is 1. The van der Waals surface area contributed by atoms with Crippen LogP contribution >= 0.6 is 11.6 Å². The highest BCUT2D eigenvalue weighted by atomic mass is 35.5. The van der Waals surface area contributed by atoms with E-state index in [1.165, 1.54) is 0 Å². The van der Waals surface area contributed by atoms with Gasteiger partial charge in [-0.15, -0.1) is 0 Å². The van der Waals surface area contributed by atoms with Crippen molar-refractivity contribution in [3.63, 3.8) is 0 Å². The number of hydrogen-bond donors (Lipinski definition) is 2. The summed E-state index contributed by atoms with van der Waals surface area (Å²) < 4.78 is 11.0. The van der Waals surface area contributed by atoms with Gasteiger partial charge in [0.25, 0.3) is 5.91 Å². The smallest absolute Gasteiger partial charge is 0.329 e. The molecule has 0 saturated heterocycles. The Morgan fingerprint density at radius 1 is 1.00 bits per heavy atom. The minimum atomic E-state index is -0.843. The van der Waals surface area contributed by atoms with Crippen LogP contribution in [0.25, 0.3) is 21.7 Å². The first kappa shape index (κ1) is 25.5. The van der Waals surface area contributed by atoms with Gasteiger partial charge in [0.1, 0.15) is 18.4 Å². The van der Waals surface area contributed by atoms with Gasteiger partial charge in [0.05, 0.1) is 6.61 Å². The SMILES string of the molecule is CCOC(=O)[C@@H](Cc1cc2cc(Cl)ccc2[nH]1)NC(=O)c1ccc2cc(OCCN(C)C)ccc2c1. The number of nitrogens with one attached hydrogen (secondary N) is 2. The quantitative estimate of drug-likeness (QED) is 0.301. The van der Waals surface area contributed by atoms with Crippen LogP contribution in [0.4, 0.5) is 0 Å². The van der Waals surface area contributed by atoms with Crippen LogP contribution in [0.2, 0.25) is 5.02 Å². The molecular formula is C28H30ClN3O4. The van der Waals surface area contributed by atoms with Crippen LogP contribution < -0.4 is 10.1 Å². The molecule has 0 aliphatic carbocycles. The van der Waals surface area contributed by atoms with Crippen LogP contribution in [0.5, 0.6) is 5.75 Å². The van der Waals surface area contributed by atoms with Crippen molar-refractivity contribution in [2.45, 2.75) is 19.4 Å². The first-order valence-electron chi connectivity index (χ1n) is 11.9. The lowest BCUT2D eigenvalue weighted by Gasteiger charge is -2.17. The molecule has 1 amide bonds. The lowest BCUT2D eigenvalue weighted by molar-refractivity contribution is -0.145. The van der Waals surface area contributed by atoms with Gasteiger partial charge in [-0.05, 0) is 80.3 Å². The molecule has 3 aromatic carbocycles. The normalized spacial score (nSPS) is 12.1. The predicted octanol–water partition coefficient (Wildman–Crippen LogP) is 4.82. The number of rotatable bonds is 10. The number of fused-ring (bicyclic) bond motifs is 2. The molecule has 1 heterocycles. The summed E-state index contributed by atoms with van der Waals surface area (Å²) in [6, 6.07) is 17.8. The summed E-state index contributed by atoms with van der Waals surface area (Å²) in [4.78, 5) is 31.1. The van der Waals surface area contributed by atoms with Crippen molar-refractivity contribution in [2.75, 3.05) is 33.9 Å². The van der Waals surface area contributed by atoms with E-state index in [1.54, 1.807) is 25.1 Å². The van der Waals surface area contributed by atoms with Crippen molar-refractivity contribution in [3.05, 3.63) is 76.9 Å². The first-order valence-corrected chi connectivity index (χ1v) is 12.3. The molecule has 0 aliphatic rings. The molecule has 0 radical (unpaired) electrons. The Morgan fingerprint density at radius 2 is 1.78 bits per heavy atom. The summed E-state index contributed by atoms with van der Waals surface area (Å²) in [7, 11) is 4.00. The number of nitrogens with zero attached hydrogens (tertiary/aromatic N) is 1. The standard InChI is InChI=1S/C28H30ClN3O4/c1-4-35-28(34)26(17-23-15-21-14-22(29)8-10-25(21)30-23)31-27(33)20-6-5-19-16-24(9-7-18(19)13-20)36-12-11-32(2)3/h5-10,13-16,26,30H,4,11-12,17H2,1-3H3,(H,31,33)/t26-/m1/s1. The van der Waals surface area contributed by atoms with E-state index in [-0.39, 0.29) is 18.9 Å². The number of aromatic nitrogens is 1. The maximum atomic E-state index is 13.1. The second-order valence-corrected chi connectivity index (χ2v) is 9.32. The molecule has 0 aliphatic heterocycles. The average Bonchev–Trinajstić information content (AvgIpc) is 3.24. The lowest BCUT2D eigenvalue weighted by atomic mass is 10.1. The fraction of sp³-hybridized carbons (Fsp3) is 0.286. The highest BCUT2D eigenvalue weighted by Crippen LogP contribution is 2.23. The molecule has 1 aromatic heterocycles. The molecule has 1 atom stereocenters. The zero-order valence-electron chi connectivity index (χ0n) is 20.6. The van der Waals surface area contributed by atoms with Crippen LogP contribution in [0, 0.1) is 0 Å². The lowest BCUT2D eigenvalue weighted by Crippen LogP contribution is -2.43. The fourth-order valence-corrected chi connectivity index (χ4v) is 4.15. The molecule has 0 saturated carbocycles. The summed E-state index contributed by atoms with van der Waals surface area (Å²) in [6.07, 6.45) is 0.262. The number of benzene rings is 3. The van der Waals surface area contributed by atoms with Gasteiger partial charge in [0, 0.05) is 40.1 Å². The summed E-state index contributed by atoms with van der Waals surface area (Å²) in [5, 5.41) is 6.29. The zero-order valence-corrected chi connectivity index (χ0v) is 21.4. The summed E-state index contributed by atoms with van der Waals surface area (Å²) in [5.74, 6) is -0.0493. The van der Waals surface area contributed by atoms with Crippen LogP contribution in [0.3, 0.4) is 0 Å². The van der Waals surface area contributed by atoms with E-state index >= 15 is 0 Å². The van der Waals surface area contributed by atoms with Gasteiger partial charge >= 0.3 is 5.97 Å². The third-order valence-electron chi connectivity index (χ3n) is 5.82. The maximum absolute atomic E-state index is 13.1. The second kappa shape index (κ2) is 11.5. The number of esters is 1. The molecule has 0 spiro atoms.